The first kappa shape index (κ1) is 20.4. The molecule has 0 N–H and O–H groups in total. The molecule has 0 spiro atoms. The first-order valence-electron chi connectivity index (χ1n) is 9.52. The van der Waals surface area contributed by atoms with Gasteiger partial charge in [0.2, 0.25) is 0 Å². The molecule has 7 heteroatoms. The zero-order valence-corrected chi connectivity index (χ0v) is 17.3. The third-order valence-corrected chi connectivity index (χ3v) is 5.38. The van der Waals surface area contributed by atoms with E-state index in [2.05, 4.69) is 4.98 Å². The molecule has 1 fully saturated rings. The van der Waals surface area contributed by atoms with Crippen molar-refractivity contribution >= 4 is 17.7 Å². The fourth-order valence-electron chi connectivity index (χ4n) is 2.97. The van der Waals surface area contributed by atoms with Crippen molar-refractivity contribution in [2.45, 2.75) is 29.6 Å². The van der Waals surface area contributed by atoms with Crippen LogP contribution in [0, 0.1) is 0 Å². The van der Waals surface area contributed by atoms with E-state index >= 15 is 0 Å². The van der Waals surface area contributed by atoms with Gasteiger partial charge in [-0.1, -0.05) is 23.9 Å². The fraction of sp³-hybridized carbons (Fsp3) is 0.217. The average molecular weight is 423 g/mol. The quantitative estimate of drug-likeness (QED) is 0.400. The number of carbonyl (C=O) groups excluding carboxylic acids is 1. The van der Waals surface area contributed by atoms with Crippen LogP contribution in [0.1, 0.15) is 24.3 Å². The van der Waals surface area contributed by atoms with Gasteiger partial charge < -0.3 is 18.9 Å². The molecule has 1 aromatic heterocycles. The minimum Gasteiger partial charge on any atom is -0.489 e. The van der Waals surface area contributed by atoms with Crippen molar-refractivity contribution < 1.29 is 23.7 Å². The molecule has 30 heavy (non-hydrogen) atoms. The van der Waals surface area contributed by atoms with Crippen LogP contribution in [-0.2, 0) is 20.9 Å². The summed E-state index contributed by atoms with van der Waals surface area (Å²) in [5.74, 6) is 0.924. The normalized spacial score (nSPS) is 13.9. The topological polar surface area (TPSA) is 66.9 Å². The minimum atomic E-state index is -0.344. The van der Waals surface area contributed by atoms with E-state index in [4.69, 9.17) is 18.9 Å². The smallest absolute Gasteiger partial charge is 0.308 e. The Morgan fingerprint density at radius 3 is 2.67 bits per heavy atom. The van der Waals surface area contributed by atoms with Crippen LogP contribution in [0.15, 0.2) is 76.8 Å². The van der Waals surface area contributed by atoms with Crippen LogP contribution in [-0.4, -0.2) is 24.2 Å². The van der Waals surface area contributed by atoms with Gasteiger partial charge in [0.1, 0.15) is 18.1 Å². The van der Waals surface area contributed by atoms with Gasteiger partial charge in [0, 0.05) is 34.7 Å². The molecule has 0 unspecified atom stereocenters. The third kappa shape index (κ3) is 5.38. The average Bonchev–Trinajstić information content (AvgIpc) is 3.28. The number of hydrogen-bond acceptors (Lipinski definition) is 7. The van der Waals surface area contributed by atoms with E-state index < -0.39 is 0 Å². The molecule has 2 aromatic carbocycles. The molecule has 1 saturated heterocycles. The van der Waals surface area contributed by atoms with Crippen molar-refractivity contribution in [1.29, 1.82) is 0 Å². The van der Waals surface area contributed by atoms with Crippen molar-refractivity contribution in [2.75, 3.05) is 13.2 Å². The van der Waals surface area contributed by atoms with Gasteiger partial charge in [0.25, 0.3) is 0 Å². The lowest BCUT2D eigenvalue weighted by molar-refractivity contribution is -0.131. The van der Waals surface area contributed by atoms with Crippen LogP contribution in [0.5, 0.6) is 11.5 Å². The van der Waals surface area contributed by atoms with Crippen molar-refractivity contribution in [2.24, 2.45) is 0 Å². The highest BCUT2D eigenvalue weighted by atomic mass is 32.2. The molecule has 0 bridgehead atoms. The van der Waals surface area contributed by atoms with Crippen LogP contribution in [0.2, 0.25) is 0 Å². The molecule has 154 valence electrons. The summed E-state index contributed by atoms with van der Waals surface area (Å²) in [5.41, 5.74) is 1.91. The number of esters is 1. The largest absolute Gasteiger partial charge is 0.489 e. The van der Waals surface area contributed by atoms with Crippen molar-refractivity contribution in [3.05, 3.63) is 78.1 Å². The summed E-state index contributed by atoms with van der Waals surface area (Å²) in [6.07, 6.45) is 3.24. The molecular formula is C23H21NO5S. The molecular weight excluding hydrogens is 402 g/mol. The van der Waals surface area contributed by atoms with Gasteiger partial charge in [-0.3, -0.25) is 9.78 Å². The number of carbonyl (C=O) groups is 1. The molecule has 3 aromatic rings. The predicted molar refractivity (Wildman–Crippen MR) is 112 cm³/mol. The van der Waals surface area contributed by atoms with Crippen molar-refractivity contribution in [3.8, 4) is 11.5 Å². The fourth-order valence-corrected chi connectivity index (χ4v) is 3.89. The lowest BCUT2D eigenvalue weighted by atomic mass is 10.2. The van der Waals surface area contributed by atoms with E-state index in [-0.39, 0.29) is 12.3 Å². The van der Waals surface area contributed by atoms with Gasteiger partial charge in [0.15, 0.2) is 6.29 Å². The van der Waals surface area contributed by atoms with Gasteiger partial charge >= 0.3 is 5.97 Å². The standard InChI is InChI=1S/C23H21NO5S/c1-16(25)29-19-4-2-3-17(13-19)15-28-18-5-7-20(8-6-18)30-22-14-24-10-9-21(22)23-26-11-12-27-23/h2-10,13-14,23H,11-12,15H2,1H3. The van der Waals surface area contributed by atoms with Gasteiger partial charge in [-0.25, -0.2) is 0 Å². The molecule has 0 atom stereocenters. The maximum absolute atomic E-state index is 11.1. The summed E-state index contributed by atoms with van der Waals surface area (Å²) in [6, 6.07) is 17.1. The number of rotatable bonds is 7. The van der Waals surface area contributed by atoms with Gasteiger partial charge in [0.05, 0.1) is 13.2 Å². The van der Waals surface area contributed by atoms with E-state index in [0.29, 0.717) is 25.6 Å². The second-order valence-electron chi connectivity index (χ2n) is 6.59. The van der Waals surface area contributed by atoms with E-state index in [9.17, 15) is 4.79 Å². The maximum atomic E-state index is 11.1. The summed E-state index contributed by atoms with van der Waals surface area (Å²) < 4.78 is 22.2. The lowest BCUT2D eigenvalue weighted by Gasteiger charge is -2.14. The minimum absolute atomic E-state index is 0.333. The molecule has 0 radical (unpaired) electrons. The van der Waals surface area contributed by atoms with Gasteiger partial charge in [-0.2, -0.15) is 0 Å². The Morgan fingerprint density at radius 2 is 1.90 bits per heavy atom. The van der Waals surface area contributed by atoms with Crippen LogP contribution in [0.3, 0.4) is 0 Å². The Balaban J connectivity index is 1.38. The summed E-state index contributed by atoms with van der Waals surface area (Å²) in [7, 11) is 0. The second-order valence-corrected chi connectivity index (χ2v) is 7.71. The Hall–Kier alpha value is -2.87. The Bertz CT molecular complexity index is 1000. The second kappa shape index (κ2) is 9.75. The molecule has 0 amide bonds. The number of aromatic nitrogens is 1. The van der Waals surface area contributed by atoms with Crippen LogP contribution < -0.4 is 9.47 Å². The Morgan fingerprint density at radius 1 is 1.10 bits per heavy atom. The molecule has 4 rings (SSSR count). The highest BCUT2D eigenvalue weighted by Crippen LogP contribution is 2.36. The summed E-state index contributed by atoms with van der Waals surface area (Å²) in [6.45, 7) is 2.97. The molecule has 6 nitrogen and oxygen atoms in total. The van der Waals surface area contributed by atoms with E-state index in [1.165, 1.54) is 6.92 Å². The lowest BCUT2D eigenvalue weighted by Crippen LogP contribution is -2.02. The van der Waals surface area contributed by atoms with E-state index in [0.717, 1.165) is 26.7 Å². The molecule has 0 saturated carbocycles. The number of ether oxygens (including phenoxy) is 4. The highest BCUT2D eigenvalue weighted by molar-refractivity contribution is 7.99. The number of pyridine rings is 1. The van der Waals surface area contributed by atoms with Crippen molar-refractivity contribution in [1.82, 2.24) is 4.98 Å². The molecule has 1 aliphatic rings. The van der Waals surface area contributed by atoms with Gasteiger partial charge in [-0.15, -0.1) is 0 Å². The first-order valence-corrected chi connectivity index (χ1v) is 10.3. The first-order chi connectivity index (χ1) is 14.7. The zero-order chi connectivity index (χ0) is 20.8. The summed E-state index contributed by atoms with van der Waals surface area (Å²) in [5, 5.41) is 0. The maximum Gasteiger partial charge on any atom is 0.308 e. The van der Waals surface area contributed by atoms with Crippen LogP contribution in [0.4, 0.5) is 0 Å². The Labute approximate surface area is 179 Å². The van der Waals surface area contributed by atoms with E-state index in [1.54, 1.807) is 30.1 Å². The van der Waals surface area contributed by atoms with E-state index in [1.807, 2.05) is 48.7 Å². The number of benzene rings is 2. The zero-order valence-electron chi connectivity index (χ0n) is 16.4. The Kier molecular flexibility index (Phi) is 6.63. The number of hydrogen-bond donors (Lipinski definition) is 0. The van der Waals surface area contributed by atoms with Crippen LogP contribution >= 0.6 is 11.8 Å². The van der Waals surface area contributed by atoms with Crippen molar-refractivity contribution in [3.63, 3.8) is 0 Å². The molecule has 0 aliphatic carbocycles. The number of nitrogens with zero attached hydrogens (tertiary/aromatic N) is 1. The van der Waals surface area contributed by atoms with Crippen LogP contribution in [0.25, 0.3) is 0 Å². The monoisotopic (exact) mass is 423 g/mol. The molecule has 1 aliphatic heterocycles. The van der Waals surface area contributed by atoms with Gasteiger partial charge in [-0.05, 0) is 48.0 Å². The third-order valence-electron chi connectivity index (χ3n) is 4.31. The molecule has 2 heterocycles. The SMILES string of the molecule is CC(=O)Oc1cccc(COc2ccc(Sc3cnccc3C3OCCO3)cc2)c1. The summed E-state index contributed by atoms with van der Waals surface area (Å²) >= 11 is 1.61. The summed E-state index contributed by atoms with van der Waals surface area (Å²) in [4.78, 5) is 17.4. The predicted octanol–water partition coefficient (Wildman–Crippen LogP) is 4.78. The highest BCUT2D eigenvalue weighted by Gasteiger charge is 2.21.